The summed E-state index contributed by atoms with van der Waals surface area (Å²) < 4.78 is 2.11. The van der Waals surface area contributed by atoms with Crippen LogP contribution in [0.5, 0.6) is 0 Å². The maximum atomic E-state index is 11.0. The zero-order valence-electron chi connectivity index (χ0n) is 11.3. The smallest absolute Gasteiger partial charge is 0.337 e. The van der Waals surface area contributed by atoms with Crippen molar-refractivity contribution in [2.24, 2.45) is 5.92 Å². The Bertz CT molecular complexity index is 391. The van der Waals surface area contributed by atoms with E-state index in [0.29, 0.717) is 5.56 Å². The summed E-state index contributed by atoms with van der Waals surface area (Å²) in [4.78, 5) is 11.0. The van der Waals surface area contributed by atoms with Crippen LogP contribution in [0.4, 0.5) is 0 Å². The monoisotopic (exact) mass is 237 g/mol. The number of aromatic nitrogens is 1. The van der Waals surface area contributed by atoms with E-state index in [9.17, 15) is 4.79 Å². The summed E-state index contributed by atoms with van der Waals surface area (Å²) in [6.07, 6.45) is 3.57. The molecule has 0 aliphatic heterocycles. The van der Waals surface area contributed by atoms with Gasteiger partial charge in [-0.25, -0.2) is 4.79 Å². The molecule has 0 bridgehead atoms. The molecule has 0 aliphatic rings. The van der Waals surface area contributed by atoms with Gasteiger partial charge in [-0.05, 0) is 32.3 Å². The number of rotatable bonds is 6. The van der Waals surface area contributed by atoms with Crippen molar-refractivity contribution in [1.82, 2.24) is 4.57 Å². The van der Waals surface area contributed by atoms with E-state index in [0.717, 1.165) is 30.3 Å². The van der Waals surface area contributed by atoms with Crippen molar-refractivity contribution in [2.75, 3.05) is 0 Å². The minimum atomic E-state index is -0.827. The second kappa shape index (κ2) is 5.89. The summed E-state index contributed by atoms with van der Waals surface area (Å²) in [6.45, 7) is 9.25. The Morgan fingerprint density at radius 2 is 2.00 bits per heavy atom. The number of hydrogen-bond donors (Lipinski definition) is 1. The van der Waals surface area contributed by atoms with Crippen molar-refractivity contribution in [2.45, 2.75) is 53.5 Å². The summed E-state index contributed by atoms with van der Waals surface area (Å²) in [5, 5.41) is 9.03. The standard InChI is InChI=1S/C14H23NO2/c1-10(2)7-5-6-8-15-11(3)9-13(12(15)4)14(16)17/h9-10H,5-8H2,1-4H3,(H,16,17). The van der Waals surface area contributed by atoms with E-state index >= 15 is 0 Å². The van der Waals surface area contributed by atoms with Crippen LogP contribution in [0.15, 0.2) is 6.07 Å². The third kappa shape index (κ3) is 3.62. The highest BCUT2D eigenvalue weighted by molar-refractivity contribution is 5.89. The molecule has 0 saturated carbocycles. The van der Waals surface area contributed by atoms with E-state index < -0.39 is 5.97 Å². The van der Waals surface area contributed by atoms with Crippen molar-refractivity contribution in [3.05, 3.63) is 23.0 Å². The highest BCUT2D eigenvalue weighted by Gasteiger charge is 2.13. The summed E-state index contributed by atoms with van der Waals surface area (Å²) >= 11 is 0. The summed E-state index contributed by atoms with van der Waals surface area (Å²) in [5.41, 5.74) is 2.36. The lowest BCUT2D eigenvalue weighted by atomic mass is 10.1. The van der Waals surface area contributed by atoms with Crippen LogP contribution in [0.2, 0.25) is 0 Å². The van der Waals surface area contributed by atoms with Gasteiger partial charge in [-0.2, -0.15) is 0 Å². The molecule has 3 heteroatoms. The minimum absolute atomic E-state index is 0.436. The van der Waals surface area contributed by atoms with Gasteiger partial charge in [-0.1, -0.05) is 26.7 Å². The highest BCUT2D eigenvalue weighted by atomic mass is 16.4. The molecule has 1 aromatic rings. The number of carboxylic acid groups (broad SMARTS) is 1. The Labute approximate surface area is 103 Å². The van der Waals surface area contributed by atoms with Crippen LogP contribution >= 0.6 is 0 Å². The molecule has 0 amide bonds. The Morgan fingerprint density at radius 3 is 2.47 bits per heavy atom. The molecule has 17 heavy (non-hydrogen) atoms. The van der Waals surface area contributed by atoms with Gasteiger partial charge in [0.2, 0.25) is 0 Å². The fraction of sp³-hybridized carbons (Fsp3) is 0.643. The zero-order chi connectivity index (χ0) is 13.0. The molecule has 0 aliphatic carbocycles. The predicted molar refractivity (Wildman–Crippen MR) is 69.6 cm³/mol. The van der Waals surface area contributed by atoms with Crippen LogP contribution in [0.25, 0.3) is 0 Å². The van der Waals surface area contributed by atoms with Gasteiger partial charge in [0, 0.05) is 17.9 Å². The Kier molecular flexibility index (Phi) is 4.79. The lowest BCUT2D eigenvalue weighted by Gasteiger charge is -2.10. The number of carbonyl (C=O) groups is 1. The Hall–Kier alpha value is -1.25. The molecule has 3 nitrogen and oxygen atoms in total. The van der Waals surface area contributed by atoms with Gasteiger partial charge in [-0.3, -0.25) is 0 Å². The molecular weight excluding hydrogens is 214 g/mol. The second-order valence-electron chi connectivity index (χ2n) is 5.13. The fourth-order valence-electron chi connectivity index (χ4n) is 2.18. The van der Waals surface area contributed by atoms with Crippen molar-refractivity contribution in [3.8, 4) is 0 Å². The van der Waals surface area contributed by atoms with Crippen LogP contribution in [0.3, 0.4) is 0 Å². The van der Waals surface area contributed by atoms with Gasteiger partial charge in [0.25, 0.3) is 0 Å². The number of aryl methyl sites for hydroxylation is 1. The maximum Gasteiger partial charge on any atom is 0.337 e. The van der Waals surface area contributed by atoms with E-state index in [-0.39, 0.29) is 0 Å². The molecule has 0 spiro atoms. The second-order valence-corrected chi connectivity index (χ2v) is 5.13. The molecular formula is C14H23NO2. The van der Waals surface area contributed by atoms with Crippen molar-refractivity contribution in [3.63, 3.8) is 0 Å². The molecule has 0 fully saturated rings. The van der Waals surface area contributed by atoms with Crippen LogP contribution in [-0.2, 0) is 6.54 Å². The van der Waals surface area contributed by atoms with Crippen LogP contribution < -0.4 is 0 Å². The molecule has 0 saturated heterocycles. The fourth-order valence-corrected chi connectivity index (χ4v) is 2.18. The van der Waals surface area contributed by atoms with Crippen LogP contribution in [0.1, 0.15) is 54.9 Å². The first-order valence-corrected chi connectivity index (χ1v) is 6.33. The van der Waals surface area contributed by atoms with Gasteiger partial charge < -0.3 is 9.67 Å². The summed E-state index contributed by atoms with van der Waals surface area (Å²) in [6, 6.07) is 1.76. The summed E-state index contributed by atoms with van der Waals surface area (Å²) in [5.74, 6) is -0.0806. The van der Waals surface area contributed by atoms with E-state index in [1.807, 2.05) is 13.8 Å². The molecule has 0 unspecified atom stereocenters. The number of aromatic carboxylic acids is 1. The van der Waals surface area contributed by atoms with E-state index in [1.54, 1.807) is 6.07 Å². The van der Waals surface area contributed by atoms with Gasteiger partial charge in [0.15, 0.2) is 0 Å². The molecule has 1 heterocycles. The normalized spacial score (nSPS) is 11.1. The summed E-state index contributed by atoms with van der Waals surface area (Å²) in [7, 11) is 0. The molecule has 0 aromatic carbocycles. The first-order chi connectivity index (χ1) is 7.93. The van der Waals surface area contributed by atoms with Crippen LogP contribution in [-0.4, -0.2) is 15.6 Å². The number of carboxylic acids is 1. The first-order valence-electron chi connectivity index (χ1n) is 6.33. The van der Waals surface area contributed by atoms with Gasteiger partial charge in [-0.15, -0.1) is 0 Å². The quantitative estimate of drug-likeness (QED) is 0.768. The van der Waals surface area contributed by atoms with Gasteiger partial charge >= 0.3 is 5.97 Å². The van der Waals surface area contributed by atoms with Gasteiger partial charge in [0.1, 0.15) is 0 Å². The molecule has 1 N–H and O–H groups in total. The predicted octanol–water partition coefficient (Wildman–Crippen LogP) is 3.63. The van der Waals surface area contributed by atoms with Crippen LogP contribution in [0, 0.1) is 19.8 Å². The van der Waals surface area contributed by atoms with Crippen molar-refractivity contribution in [1.29, 1.82) is 0 Å². The van der Waals surface area contributed by atoms with Crippen molar-refractivity contribution < 1.29 is 9.90 Å². The van der Waals surface area contributed by atoms with E-state index in [2.05, 4.69) is 18.4 Å². The number of hydrogen-bond acceptors (Lipinski definition) is 1. The van der Waals surface area contributed by atoms with E-state index in [1.165, 1.54) is 12.8 Å². The minimum Gasteiger partial charge on any atom is -0.478 e. The third-order valence-corrected chi connectivity index (χ3v) is 3.22. The van der Waals surface area contributed by atoms with Crippen molar-refractivity contribution >= 4 is 5.97 Å². The van der Waals surface area contributed by atoms with E-state index in [4.69, 9.17) is 5.11 Å². The third-order valence-electron chi connectivity index (χ3n) is 3.22. The Balaban J connectivity index is 2.62. The maximum absolute atomic E-state index is 11.0. The first kappa shape index (κ1) is 13.8. The SMILES string of the molecule is Cc1cc(C(=O)O)c(C)n1CCCCC(C)C. The largest absolute Gasteiger partial charge is 0.478 e. The van der Waals surface area contributed by atoms with Gasteiger partial charge in [0.05, 0.1) is 5.56 Å². The Morgan fingerprint density at radius 1 is 1.35 bits per heavy atom. The molecule has 1 aromatic heterocycles. The number of unbranched alkanes of at least 4 members (excludes halogenated alkanes) is 1. The highest BCUT2D eigenvalue weighted by Crippen LogP contribution is 2.17. The topological polar surface area (TPSA) is 42.2 Å². The molecule has 96 valence electrons. The molecule has 0 atom stereocenters. The molecule has 1 rings (SSSR count). The average Bonchev–Trinajstić information content (AvgIpc) is 2.50. The lowest BCUT2D eigenvalue weighted by Crippen LogP contribution is -2.05. The number of nitrogens with zero attached hydrogens (tertiary/aromatic N) is 1. The average molecular weight is 237 g/mol. The lowest BCUT2D eigenvalue weighted by molar-refractivity contribution is 0.0696. The zero-order valence-corrected chi connectivity index (χ0v) is 11.3. The molecule has 0 radical (unpaired) electrons.